The molecule has 0 aliphatic rings. The van der Waals surface area contributed by atoms with Crippen LogP contribution >= 0.6 is 27.5 Å². The lowest BCUT2D eigenvalue weighted by Crippen LogP contribution is -2.18. The zero-order valence-corrected chi connectivity index (χ0v) is 24.4. The molecular weight excluding hydrogens is 620 g/mol. The van der Waals surface area contributed by atoms with Crippen LogP contribution in [-0.4, -0.2) is 27.1 Å². The molecule has 0 aliphatic heterocycles. The molecule has 4 aromatic rings. The van der Waals surface area contributed by atoms with Gasteiger partial charge in [-0.25, -0.2) is 5.43 Å². The number of rotatable bonds is 11. The molecule has 0 aromatic heterocycles. The summed E-state index contributed by atoms with van der Waals surface area (Å²) in [6.07, 6.45) is 1.29. The van der Waals surface area contributed by atoms with Crippen molar-refractivity contribution in [1.29, 1.82) is 0 Å². The highest BCUT2D eigenvalue weighted by Crippen LogP contribution is 2.30. The van der Waals surface area contributed by atoms with Gasteiger partial charge in [0.15, 0.2) is 17.2 Å². The number of nitrogens with zero attached hydrogens (tertiary/aromatic N) is 1. The molecule has 0 aliphatic carbocycles. The Morgan fingerprint density at radius 2 is 1.65 bits per heavy atom. The lowest BCUT2D eigenvalue weighted by Gasteiger charge is -2.13. The maximum absolute atomic E-state index is 12.8. The van der Waals surface area contributed by atoms with Gasteiger partial charge in [-0.1, -0.05) is 57.9 Å². The minimum atomic E-state index is -4.14. The molecule has 1 amide bonds. The van der Waals surface area contributed by atoms with Crippen LogP contribution in [0.15, 0.2) is 105 Å². The van der Waals surface area contributed by atoms with Crippen molar-refractivity contribution < 1.29 is 26.9 Å². The predicted molar refractivity (Wildman–Crippen MR) is 157 cm³/mol. The fourth-order valence-electron chi connectivity index (χ4n) is 3.46. The second kappa shape index (κ2) is 13.5. The van der Waals surface area contributed by atoms with Crippen molar-refractivity contribution in [3.8, 4) is 17.2 Å². The van der Waals surface area contributed by atoms with Crippen LogP contribution in [0, 0.1) is 0 Å². The largest absolute Gasteiger partial charge is 0.490 e. The fraction of sp³-hybridized carbons (Fsp3) is 0.103. The van der Waals surface area contributed by atoms with Gasteiger partial charge in [-0.3, -0.25) is 4.79 Å². The first-order valence-corrected chi connectivity index (χ1v) is 14.6. The lowest BCUT2D eigenvalue weighted by molar-refractivity contribution is 0.0954. The third-order valence-corrected chi connectivity index (χ3v) is 7.38. The molecule has 8 nitrogen and oxygen atoms in total. The molecule has 0 bridgehead atoms. The molecule has 1 N–H and O–H groups in total. The number of hydrogen-bond acceptors (Lipinski definition) is 7. The van der Waals surface area contributed by atoms with E-state index in [1.165, 1.54) is 36.5 Å². The molecule has 0 unspecified atom stereocenters. The second-order valence-corrected chi connectivity index (χ2v) is 11.1. The molecule has 0 saturated carbocycles. The van der Waals surface area contributed by atoms with Crippen LogP contribution in [0.3, 0.4) is 0 Å². The van der Waals surface area contributed by atoms with E-state index >= 15 is 0 Å². The number of benzene rings is 4. The third kappa shape index (κ3) is 7.84. The fourth-order valence-corrected chi connectivity index (χ4v) is 4.92. The Balaban J connectivity index is 1.47. The number of hydrogen-bond donors (Lipinski definition) is 1. The van der Waals surface area contributed by atoms with E-state index in [1.54, 1.807) is 30.3 Å². The maximum Gasteiger partial charge on any atom is 0.339 e. The monoisotopic (exact) mass is 642 g/mol. The van der Waals surface area contributed by atoms with Gasteiger partial charge < -0.3 is 13.7 Å². The van der Waals surface area contributed by atoms with Crippen molar-refractivity contribution in [2.75, 3.05) is 6.61 Å². The van der Waals surface area contributed by atoms with Crippen molar-refractivity contribution >= 4 is 49.8 Å². The SMILES string of the molecule is CCOc1cc(C(=O)N/N=C/c2cc(Br)ccc2OS(=O)(=O)c2ccc(Cl)cc2)ccc1OCc1ccccc1. The first kappa shape index (κ1) is 29.1. The quantitative estimate of drug-likeness (QED) is 0.112. The summed E-state index contributed by atoms with van der Waals surface area (Å²) < 4.78 is 43.1. The number of hydrazone groups is 1. The average Bonchev–Trinajstić information content (AvgIpc) is 2.94. The van der Waals surface area contributed by atoms with Crippen molar-refractivity contribution in [3.05, 3.63) is 117 Å². The van der Waals surface area contributed by atoms with E-state index in [9.17, 15) is 13.2 Å². The van der Waals surface area contributed by atoms with Crippen molar-refractivity contribution in [2.45, 2.75) is 18.4 Å². The Morgan fingerprint density at radius 3 is 2.38 bits per heavy atom. The smallest absolute Gasteiger partial charge is 0.339 e. The van der Waals surface area contributed by atoms with Crippen LogP contribution in [0.4, 0.5) is 0 Å². The molecule has 0 spiro atoms. The van der Waals surface area contributed by atoms with Crippen molar-refractivity contribution in [1.82, 2.24) is 5.43 Å². The maximum atomic E-state index is 12.8. The summed E-state index contributed by atoms with van der Waals surface area (Å²) in [5.74, 6) is 0.446. The Hall–Kier alpha value is -3.86. The molecule has 11 heteroatoms. The molecule has 0 atom stereocenters. The van der Waals surface area contributed by atoms with Crippen LogP contribution in [0.1, 0.15) is 28.4 Å². The van der Waals surface area contributed by atoms with E-state index in [0.29, 0.717) is 45.3 Å². The van der Waals surface area contributed by atoms with Gasteiger partial charge in [-0.2, -0.15) is 13.5 Å². The lowest BCUT2D eigenvalue weighted by atomic mass is 10.2. The summed E-state index contributed by atoms with van der Waals surface area (Å²) >= 11 is 9.20. The first-order valence-electron chi connectivity index (χ1n) is 12.0. The molecule has 4 aromatic carbocycles. The highest BCUT2D eigenvalue weighted by Gasteiger charge is 2.19. The third-order valence-electron chi connectivity index (χ3n) is 5.39. The summed E-state index contributed by atoms with van der Waals surface area (Å²) in [5.41, 5.74) is 4.05. The van der Waals surface area contributed by atoms with Gasteiger partial charge >= 0.3 is 10.1 Å². The zero-order valence-electron chi connectivity index (χ0n) is 21.2. The molecule has 40 heavy (non-hydrogen) atoms. The number of carbonyl (C=O) groups is 1. The molecule has 4 rings (SSSR count). The number of carbonyl (C=O) groups excluding carboxylic acids is 1. The Kier molecular flexibility index (Phi) is 9.81. The van der Waals surface area contributed by atoms with Crippen molar-refractivity contribution in [2.24, 2.45) is 5.10 Å². The Morgan fingerprint density at radius 1 is 0.925 bits per heavy atom. The van der Waals surface area contributed by atoms with E-state index in [2.05, 4.69) is 26.5 Å². The van der Waals surface area contributed by atoms with Crippen LogP contribution in [0.5, 0.6) is 17.2 Å². The molecule has 0 heterocycles. The minimum Gasteiger partial charge on any atom is -0.490 e. The molecule has 0 fully saturated rings. The normalized spacial score (nSPS) is 11.3. The zero-order chi connectivity index (χ0) is 28.5. The van der Waals surface area contributed by atoms with Gasteiger partial charge in [0, 0.05) is 20.6 Å². The van der Waals surface area contributed by atoms with Crippen LogP contribution < -0.4 is 19.1 Å². The standard InChI is InChI=1S/C29H24BrClN2O6S/c1-2-37-28-17-21(8-14-27(28)38-19-20-6-4-3-5-7-20)29(34)33-32-18-22-16-23(30)9-15-26(22)39-40(35,36)25-12-10-24(31)11-13-25/h3-18H,2,19H2,1H3,(H,33,34)/b32-18+. The van der Waals surface area contributed by atoms with Crippen LogP contribution in [0.2, 0.25) is 5.02 Å². The van der Waals surface area contributed by atoms with E-state index in [1.807, 2.05) is 37.3 Å². The Bertz CT molecular complexity index is 1610. The number of amides is 1. The van der Waals surface area contributed by atoms with Gasteiger partial charge in [0.25, 0.3) is 5.91 Å². The van der Waals surface area contributed by atoms with Gasteiger partial charge in [0.05, 0.1) is 12.8 Å². The highest BCUT2D eigenvalue weighted by molar-refractivity contribution is 9.10. The van der Waals surface area contributed by atoms with Crippen molar-refractivity contribution in [3.63, 3.8) is 0 Å². The summed E-state index contributed by atoms with van der Waals surface area (Å²) in [6, 6.07) is 24.8. The summed E-state index contributed by atoms with van der Waals surface area (Å²) in [4.78, 5) is 12.7. The number of nitrogens with one attached hydrogen (secondary N) is 1. The molecule has 0 saturated heterocycles. The predicted octanol–water partition coefficient (Wildman–Crippen LogP) is 6.61. The molecule has 206 valence electrons. The van der Waals surface area contributed by atoms with Gasteiger partial charge in [-0.05, 0) is 73.2 Å². The average molecular weight is 644 g/mol. The van der Waals surface area contributed by atoms with E-state index in [-0.39, 0.29) is 10.6 Å². The first-order chi connectivity index (χ1) is 19.2. The van der Waals surface area contributed by atoms with Crippen LogP contribution in [-0.2, 0) is 16.7 Å². The van der Waals surface area contributed by atoms with Crippen LogP contribution in [0.25, 0.3) is 0 Å². The topological polar surface area (TPSA) is 103 Å². The summed E-state index contributed by atoms with van der Waals surface area (Å²) in [6.45, 7) is 2.57. The summed E-state index contributed by atoms with van der Waals surface area (Å²) in [7, 11) is -4.14. The Labute approximate surface area is 245 Å². The van der Waals surface area contributed by atoms with E-state index in [0.717, 1.165) is 5.56 Å². The number of halogens is 2. The van der Waals surface area contributed by atoms with Gasteiger partial charge in [0.2, 0.25) is 0 Å². The van der Waals surface area contributed by atoms with Gasteiger partial charge in [0.1, 0.15) is 11.5 Å². The van der Waals surface area contributed by atoms with E-state index in [4.69, 9.17) is 25.3 Å². The highest BCUT2D eigenvalue weighted by atomic mass is 79.9. The number of ether oxygens (including phenoxy) is 2. The van der Waals surface area contributed by atoms with Gasteiger partial charge in [-0.15, -0.1) is 0 Å². The summed E-state index contributed by atoms with van der Waals surface area (Å²) in [5, 5.41) is 4.40. The minimum absolute atomic E-state index is 0.0229. The second-order valence-electron chi connectivity index (χ2n) is 8.24. The molecular formula is C29H24BrClN2O6S. The van der Waals surface area contributed by atoms with E-state index < -0.39 is 16.0 Å². The molecule has 0 radical (unpaired) electrons.